The number of aromatic nitrogens is 1. The Morgan fingerprint density at radius 1 is 1.12 bits per heavy atom. The van der Waals surface area contributed by atoms with Crippen molar-refractivity contribution in [2.24, 2.45) is 0 Å². The lowest BCUT2D eigenvalue weighted by Gasteiger charge is -2.09. The van der Waals surface area contributed by atoms with E-state index in [1.54, 1.807) is 6.07 Å². The summed E-state index contributed by atoms with van der Waals surface area (Å²) in [6, 6.07) is 11.6. The van der Waals surface area contributed by atoms with Gasteiger partial charge in [-0.25, -0.2) is 0 Å². The third-order valence-electron chi connectivity index (χ3n) is 2.96. The van der Waals surface area contributed by atoms with Gasteiger partial charge in [-0.1, -0.05) is 18.2 Å². The van der Waals surface area contributed by atoms with Crippen LogP contribution in [0.3, 0.4) is 0 Å². The number of hydrogen-bond acceptors (Lipinski definition) is 2. The highest BCUT2D eigenvalue weighted by atomic mass is 16.1. The second-order valence-corrected chi connectivity index (χ2v) is 4.19. The Hall–Kier alpha value is -1.61. The minimum absolute atomic E-state index is 0.0909. The Kier molecular flexibility index (Phi) is 3.94. The zero-order chi connectivity index (χ0) is 12.1. The Morgan fingerprint density at radius 2 is 1.94 bits per heavy atom. The Bertz CT molecular complexity index is 545. The fourth-order valence-electron chi connectivity index (χ4n) is 2.05. The molecule has 0 unspecified atom stereocenters. The number of rotatable bonds is 5. The molecule has 0 atom stereocenters. The first-order valence-corrected chi connectivity index (χ1v) is 6.06. The van der Waals surface area contributed by atoms with Crippen molar-refractivity contribution in [2.75, 3.05) is 13.6 Å². The van der Waals surface area contributed by atoms with E-state index in [1.165, 1.54) is 0 Å². The lowest BCUT2D eigenvalue weighted by molar-refractivity contribution is 0.591. The molecule has 0 fully saturated rings. The van der Waals surface area contributed by atoms with Gasteiger partial charge in [0.15, 0.2) is 0 Å². The van der Waals surface area contributed by atoms with Gasteiger partial charge in [0, 0.05) is 12.6 Å². The van der Waals surface area contributed by atoms with Crippen LogP contribution in [0, 0.1) is 0 Å². The molecule has 90 valence electrons. The molecule has 3 nitrogen and oxygen atoms in total. The van der Waals surface area contributed by atoms with Crippen molar-refractivity contribution in [1.29, 1.82) is 0 Å². The molecule has 2 aromatic rings. The van der Waals surface area contributed by atoms with E-state index >= 15 is 0 Å². The third-order valence-corrected chi connectivity index (χ3v) is 2.96. The van der Waals surface area contributed by atoms with Crippen LogP contribution in [0.15, 0.2) is 41.2 Å². The highest BCUT2D eigenvalue weighted by Gasteiger charge is 2.01. The van der Waals surface area contributed by atoms with Crippen molar-refractivity contribution in [3.8, 4) is 0 Å². The number of nitrogens with zero attached hydrogens (tertiary/aromatic N) is 1. The smallest absolute Gasteiger partial charge is 0.251 e. The van der Waals surface area contributed by atoms with Gasteiger partial charge in [0.25, 0.3) is 5.56 Å². The summed E-state index contributed by atoms with van der Waals surface area (Å²) in [6.07, 6.45) is 2.11. The molecule has 0 radical (unpaired) electrons. The normalized spacial score (nSPS) is 10.9. The molecule has 0 aliphatic rings. The first-order valence-electron chi connectivity index (χ1n) is 6.06. The van der Waals surface area contributed by atoms with Crippen molar-refractivity contribution in [2.45, 2.75) is 19.4 Å². The number of nitrogens with one attached hydrogen (secondary N) is 1. The maximum Gasteiger partial charge on any atom is 0.251 e. The van der Waals surface area contributed by atoms with Crippen LogP contribution in [-0.4, -0.2) is 18.2 Å². The number of fused-ring (bicyclic) bond motifs is 1. The second-order valence-electron chi connectivity index (χ2n) is 4.19. The van der Waals surface area contributed by atoms with Gasteiger partial charge in [0.1, 0.15) is 0 Å². The van der Waals surface area contributed by atoms with Crippen molar-refractivity contribution in [3.63, 3.8) is 0 Å². The van der Waals surface area contributed by atoms with E-state index in [2.05, 4.69) is 5.32 Å². The van der Waals surface area contributed by atoms with Gasteiger partial charge in [-0.3, -0.25) is 4.79 Å². The highest BCUT2D eigenvalue weighted by Crippen LogP contribution is 2.11. The molecule has 0 amide bonds. The number of pyridine rings is 1. The first kappa shape index (κ1) is 11.9. The van der Waals surface area contributed by atoms with E-state index in [0.717, 1.165) is 36.8 Å². The van der Waals surface area contributed by atoms with Crippen LogP contribution in [-0.2, 0) is 6.54 Å². The quantitative estimate of drug-likeness (QED) is 0.797. The molecule has 0 saturated heterocycles. The number of unbranched alkanes of at least 4 members (excludes halogenated alkanes) is 1. The van der Waals surface area contributed by atoms with Crippen LogP contribution < -0.4 is 10.9 Å². The maximum atomic E-state index is 11.8. The van der Waals surface area contributed by atoms with E-state index < -0.39 is 0 Å². The van der Waals surface area contributed by atoms with Crippen molar-refractivity contribution >= 4 is 10.9 Å². The first-order chi connectivity index (χ1) is 8.33. The van der Waals surface area contributed by atoms with Crippen LogP contribution in [0.2, 0.25) is 0 Å². The average molecular weight is 230 g/mol. The van der Waals surface area contributed by atoms with Crippen LogP contribution in [0.4, 0.5) is 0 Å². The van der Waals surface area contributed by atoms with Gasteiger partial charge < -0.3 is 9.88 Å². The van der Waals surface area contributed by atoms with Gasteiger partial charge in [-0.15, -0.1) is 0 Å². The van der Waals surface area contributed by atoms with E-state index in [9.17, 15) is 4.79 Å². The average Bonchev–Trinajstić information content (AvgIpc) is 2.37. The Labute approximate surface area is 101 Å². The molecule has 2 rings (SSSR count). The SMILES string of the molecule is CNCCCCn1c(=O)ccc2ccccc21. The van der Waals surface area contributed by atoms with Crippen LogP contribution in [0.5, 0.6) is 0 Å². The molecule has 1 aromatic heterocycles. The minimum atomic E-state index is 0.0909. The maximum absolute atomic E-state index is 11.8. The Morgan fingerprint density at radius 3 is 2.76 bits per heavy atom. The Balaban J connectivity index is 2.25. The monoisotopic (exact) mass is 230 g/mol. The summed E-state index contributed by atoms with van der Waals surface area (Å²) in [5.74, 6) is 0. The summed E-state index contributed by atoms with van der Waals surface area (Å²) in [5, 5.41) is 4.24. The summed E-state index contributed by atoms with van der Waals surface area (Å²) < 4.78 is 1.87. The second kappa shape index (κ2) is 5.64. The molecule has 0 saturated carbocycles. The topological polar surface area (TPSA) is 34.0 Å². The third kappa shape index (κ3) is 2.74. The predicted molar refractivity (Wildman–Crippen MR) is 71.4 cm³/mol. The summed E-state index contributed by atoms with van der Waals surface area (Å²) in [7, 11) is 1.95. The molecule has 1 N–H and O–H groups in total. The van der Waals surface area contributed by atoms with Gasteiger partial charge >= 0.3 is 0 Å². The van der Waals surface area contributed by atoms with Gasteiger partial charge in [0.2, 0.25) is 0 Å². The number of benzene rings is 1. The molecule has 1 heterocycles. The zero-order valence-electron chi connectivity index (χ0n) is 10.1. The van der Waals surface area contributed by atoms with Crippen molar-refractivity contribution in [3.05, 3.63) is 46.8 Å². The van der Waals surface area contributed by atoms with Gasteiger partial charge in [-0.05, 0) is 44.0 Å². The van der Waals surface area contributed by atoms with Crippen LogP contribution in [0.1, 0.15) is 12.8 Å². The standard InChI is InChI=1S/C14H18N2O/c1-15-10-4-5-11-16-13-7-3-2-6-12(13)8-9-14(16)17/h2-3,6-9,15H,4-5,10-11H2,1H3. The summed E-state index contributed by atoms with van der Waals surface area (Å²) >= 11 is 0. The molecule has 1 aromatic carbocycles. The molecular formula is C14H18N2O. The fourth-order valence-corrected chi connectivity index (χ4v) is 2.05. The summed E-state index contributed by atoms with van der Waals surface area (Å²) in [5.41, 5.74) is 1.12. The number of para-hydroxylation sites is 1. The lowest BCUT2D eigenvalue weighted by atomic mass is 10.2. The molecule has 0 spiro atoms. The highest BCUT2D eigenvalue weighted by molar-refractivity contribution is 5.78. The van der Waals surface area contributed by atoms with Crippen LogP contribution >= 0.6 is 0 Å². The fraction of sp³-hybridized carbons (Fsp3) is 0.357. The van der Waals surface area contributed by atoms with Gasteiger partial charge in [0.05, 0.1) is 5.52 Å². The number of aryl methyl sites for hydroxylation is 1. The van der Waals surface area contributed by atoms with Gasteiger partial charge in [-0.2, -0.15) is 0 Å². The number of hydrogen-bond donors (Lipinski definition) is 1. The zero-order valence-corrected chi connectivity index (χ0v) is 10.1. The van der Waals surface area contributed by atoms with E-state index in [1.807, 2.05) is 41.9 Å². The van der Waals surface area contributed by atoms with E-state index in [0.29, 0.717) is 0 Å². The molecule has 3 heteroatoms. The molecule has 0 bridgehead atoms. The van der Waals surface area contributed by atoms with E-state index in [-0.39, 0.29) is 5.56 Å². The molecular weight excluding hydrogens is 212 g/mol. The van der Waals surface area contributed by atoms with E-state index in [4.69, 9.17) is 0 Å². The minimum Gasteiger partial charge on any atom is -0.320 e. The lowest BCUT2D eigenvalue weighted by Crippen LogP contribution is -2.20. The van der Waals surface area contributed by atoms with Crippen molar-refractivity contribution < 1.29 is 0 Å². The summed E-state index contributed by atoms with van der Waals surface area (Å²) in [4.78, 5) is 11.8. The summed E-state index contributed by atoms with van der Waals surface area (Å²) in [6.45, 7) is 1.79. The molecule has 17 heavy (non-hydrogen) atoms. The largest absolute Gasteiger partial charge is 0.320 e. The molecule has 0 aliphatic carbocycles. The van der Waals surface area contributed by atoms with Crippen molar-refractivity contribution in [1.82, 2.24) is 9.88 Å². The predicted octanol–water partition coefficient (Wildman–Crippen LogP) is 2.00. The molecule has 0 aliphatic heterocycles. The van der Waals surface area contributed by atoms with Crippen LogP contribution in [0.25, 0.3) is 10.9 Å².